The van der Waals surface area contributed by atoms with Crippen LogP contribution in [0.5, 0.6) is 0 Å². The minimum Gasteiger partial charge on any atom is -0.319 e. The van der Waals surface area contributed by atoms with Crippen LogP contribution in [0.4, 0.5) is 0 Å². The summed E-state index contributed by atoms with van der Waals surface area (Å²) in [5.41, 5.74) is 1.20. The lowest BCUT2D eigenvalue weighted by molar-refractivity contribution is 0.151. The fourth-order valence-corrected chi connectivity index (χ4v) is 2.57. The number of rotatable bonds is 6. The molecule has 2 nitrogen and oxygen atoms in total. The highest BCUT2D eigenvalue weighted by atomic mass is 35.5. The summed E-state index contributed by atoms with van der Waals surface area (Å²) in [4.78, 5) is 2.39. The molecule has 3 unspecified atom stereocenters. The maximum Gasteiger partial charge on any atom is 0.0453 e. The molecule has 102 valence electrons. The van der Waals surface area contributed by atoms with E-state index >= 15 is 0 Å². The van der Waals surface area contributed by atoms with Crippen LogP contribution in [0.3, 0.4) is 0 Å². The fourth-order valence-electron chi connectivity index (χ4n) is 2.28. The molecule has 0 radical (unpaired) electrons. The normalized spacial score (nSPS) is 16.6. The molecule has 0 aliphatic carbocycles. The monoisotopic (exact) mass is 268 g/mol. The first-order chi connectivity index (χ1) is 8.49. The van der Waals surface area contributed by atoms with Gasteiger partial charge in [-0.15, -0.1) is 0 Å². The smallest absolute Gasteiger partial charge is 0.0453 e. The number of nitrogens with one attached hydrogen (secondary N) is 1. The Morgan fingerprint density at radius 1 is 1.22 bits per heavy atom. The number of hydrogen-bond acceptors (Lipinski definition) is 2. The second-order valence-corrected chi connectivity index (χ2v) is 5.55. The third-order valence-corrected chi connectivity index (χ3v) is 4.30. The average molecular weight is 269 g/mol. The first-order valence-electron chi connectivity index (χ1n) is 6.60. The van der Waals surface area contributed by atoms with Crippen LogP contribution in [-0.2, 0) is 0 Å². The van der Waals surface area contributed by atoms with Gasteiger partial charge in [-0.05, 0) is 52.0 Å². The third kappa shape index (κ3) is 3.71. The Kier molecular flexibility index (Phi) is 6.13. The lowest BCUT2D eigenvalue weighted by Crippen LogP contribution is -2.39. The van der Waals surface area contributed by atoms with Gasteiger partial charge in [0.15, 0.2) is 0 Å². The van der Waals surface area contributed by atoms with Gasteiger partial charge >= 0.3 is 0 Å². The van der Waals surface area contributed by atoms with Crippen molar-refractivity contribution in [2.24, 2.45) is 5.92 Å². The molecule has 0 fully saturated rings. The summed E-state index contributed by atoms with van der Waals surface area (Å²) in [6, 6.07) is 8.93. The molecule has 0 spiro atoms. The van der Waals surface area contributed by atoms with Crippen molar-refractivity contribution in [3.63, 3.8) is 0 Å². The van der Waals surface area contributed by atoms with Crippen molar-refractivity contribution >= 4 is 11.6 Å². The topological polar surface area (TPSA) is 15.3 Å². The van der Waals surface area contributed by atoms with Crippen LogP contribution in [-0.4, -0.2) is 31.6 Å². The molecule has 3 heteroatoms. The summed E-state index contributed by atoms with van der Waals surface area (Å²) in [5.74, 6) is 0.602. The SMILES string of the molecule is CNCC(C)C(C)N(C)C(C)c1ccccc1Cl. The number of hydrogen-bond donors (Lipinski definition) is 1. The second-order valence-electron chi connectivity index (χ2n) is 5.14. The van der Waals surface area contributed by atoms with E-state index in [2.05, 4.69) is 44.1 Å². The van der Waals surface area contributed by atoms with E-state index in [0.29, 0.717) is 18.0 Å². The van der Waals surface area contributed by atoms with Gasteiger partial charge in [0.25, 0.3) is 0 Å². The molecular weight excluding hydrogens is 244 g/mol. The van der Waals surface area contributed by atoms with Crippen molar-refractivity contribution in [1.29, 1.82) is 0 Å². The zero-order valence-corrected chi connectivity index (χ0v) is 12.8. The Morgan fingerprint density at radius 2 is 1.83 bits per heavy atom. The molecule has 0 amide bonds. The largest absolute Gasteiger partial charge is 0.319 e. The van der Waals surface area contributed by atoms with Crippen molar-refractivity contribution in [3.05, 3.63) is 34.9 Å². The van der Waals surface area contributed by atoms with Crippen LogP contribution in [0, 0.1) is 5.92 Å². The zero-order valence-electron chi connectivity index (χ0n) is 12.1. The maximum atomic E-state index is 6.27. The van der Waals surface area contributed by atoms with E-state index in [9.17, 15) is 0 Å². The molecule has 1 aromatic rings. The first kappa shape index (κ1) is 15.5. The van der Waals surface area contributed by atoms with Crippen molar-refractivity contribution in [2.75, 3.05) is 20.6 Å². The molecular formula is C15H25ClN2. The Labute approximate surface area is 116 Å². The van der Waals surface area contributed by atoms with Crippen LogP contribution < -0.4 is 5.32 Å². The number of halogens is 1. The highest BCUT2D eigenvalue weighted by molar-refractivity contribution is 6.31. The molecule has 1 N–H and O–H groups in total. The minimum absolute atomic E-state index is 0.327. The van der Waals surface area contributed by atoms with E-state index in [1.807, 2.05) is 25.2 Å². The van der Waals surface area contributed by atoms with Gasteiger partial charge in [-0.1, -0.05) is 36.7 Å². The lowest BCUT2D eigenvalue weighted by Gasteiger charge is -2.35. The van der Waals surface area contributed by atoms with E-state index in [-0.39, 0.29) is 0 Å². The molecule has 0 saturated carbocycles. The van der Waals surface area contributed by atoms with Crippen LogP contribution in [0.25, 0.3) is 0 Å². The fraction of sp³-hybridized carbons (Fsp3) is 0.600. The molecule has 0 aromatic heterocycles. The van der Waals surface area contributed by atoms with Gasteiger partial charge in [0, 0.05) is 17.1 Å². The van der Waals surface area contributed by atoms with Gasteiger partial charge in [-0.3, -0.25) is 4.90 Å². The summed E-state index contributed by atoms with van der Waals surface area (Å²) in [5, 5.41) is 4.09. The summed E-state index contributed by atoms with van der Waals surface area (Å²) in [6.45, 7) is 7.79. The molecule has 0 aliphatic rings. The zero-order chi connectivity index (χ0) is 13.7. The first-order valence-corrected chi connectivity index (χ1v) is 6.97. The highest BCUT2D eigenvalue weighted by Gasteiger charge is 2.22. The van der Waals surface area contributed by atoms with E-state index in [1.54, 1.807) is 0 Å². The number of benzene rings is 1. The Hall–Kier alpha value is -0.570. The van der Waals surface area contributed by atoms with Crippen molar-refractivity contribution in [3.8, 4) is 0 Å². The molecule has 0 aliphatic heterocycles. The molecule has 18 heavy (non-hydrogen) atoms. The average Bonchev–Trinajstić information content (AvgIpc) is 2.37. The van der Waals surface area contributed by atoms with E-state index < -0.39 is 0 Å². The van der Waals surface area contributed by atoms with Gasteiger partial charge in [0.2, 0.25) is 0 Å². The predicted molar refractivity (Wildman–Crippen MR) is 80.2 cm³/mol. The van der Waals surface area contributed by atoms with E-state index in [1.165, 1.54) is 5.56 Å². The summed E-state index contributed by atoms with van der Waals surface area (Å²) < 4.78 is 0. The molecule has 1 aromatic carbocycles. The Bertz CT molecular complexity index is 367. The van der Waals surface area contributed by atoms with Crippen LogP contribution in [0.2, 0.25) is 5.02 Å². The van der Waals surface area contributed by atoms with Crippen LogP contribution in [0.1, 0.15) is 32.4 Å². The van der Waals surface area contributed by atoms with Gasteiger partial charge in [0.05, 0.1) is 0 Å². The maximum absolute atomic E-state index is 6.27. The van der Waals surface area contributed by atoms with Crippen molar-refractivity contribution < 1.29 is 0 Å². The highest BCUT2D eigenvalue weighted by Crippen LogP contribution is 2.28. The molecule has 0 saturated heterocycles. The molecule has 0 heterocycles. The summed E-state index contributed by atoms with van der Waals surface area (Å²) in [7, 11) is 4.17. The summed E-state index contributed by atoms with van der Waals surface area (Å²) in [6.07, 6.45) is 0. The van der Waals surface area contributed by atoms with Crippen molar-refractivity contribution in [2.45, 2.75) is 32.9 Å². The van der Waals surface area contributed by atoms with Crippen molar-refractivity contribution in [1.82, 2.24) is 10.2 Å². The van der Waals surface area contributed by atoms with E-state index in [4.69, 9.17) is 11.6 Å². The third-order valence-electron chi connectivity index (χ3n) is 3.96. The standard InChI is InChI=1S/C15H25ClN2/c1-11(10-17-4)12(2)18(5)13(3)14-8-6-7-9-15(14)16/h6-9,11-13,17H,10H2,1-5H3. The number of nitrogens with zero attached hydrogens (tertiary/aromatic N) is 1. The summed E-state index contributed by atoms with van der Waals surface area (Å²) >= 11 is 6.27. The van der Waals surface area contributed by atoms with Crippen LogP contribution >= 0.6 is 11.6 Å². The lowest BCUT2D eigenvalue weighted by atomic mass is 9.98. The second kappa shape index (κ2) is 7.13. The molecule has 1 rings (SSSR count). The van der Waals surface area contributed by atoms with Crippen LogP contribution in [0.15, 0.2) is 24.3 Å². The van der Waals surface area contributed by atoms with E-state index in [0.717, 1.165) is 11.6 Å². The van der Waals surface area contributed by atoms with Gasteiger partial charge in [-0.2, -0.15) is 0 Å². The molecule has 3 atom stereocenters. The predicted octanol–water partition coefficient (Wildman–Crippen LogP) is 3.58. The minimum atomic E-state index is 0.327. The Morgan fingerprint density at radius 3 is 2.39 bits per heavy atom. The van der Waals surface area contributed by atoms with Gasteiger partial charge in [-0.25, -0.2) is 0 Å². The van der Waals surface area contributed by atoms with Gasteiger partial charge in [0.1, 0.15) is 0 Å². The Balaban J connectivity index is 2.77. The molecule has 0 bridgehead atoms. The van der Waals surface area contributed by atoms with Gasteiger partial charge < -0.3 is 5.32 Å². The quantitative estimate of drug-likeness (QED) is 0.848.